The van der Waals surface area contributed by atoms with E-state index >= 15 is 0 Å². The van der Waals surface area contributed by atoms with Crippen molar-refractivity contribution in [2.45, 2.75) is 56.9 Å². The summed E-state index contributed by atoms with van der Waals surface area (Å²) in [7, 11) is -4.06. The van der Waals surface area contributed by atoms with Crippen LogP contribution in [0, 0.1) is 0 Å². The quantitative estimate of drug-likeness (QED) is 0.181. The van der Waals surface area contributed by atoms with Crippen LogP contribution in [0.3, 0.4) is 0 Å². The minimum absolute atomic E-state index is 0.0409. The lowest BCUT2D eigenvalue weighted by Crippen LogP contribution is -2.38. The lowest BCUT2D eigenvalue weighted by molar-refractivity contribution is -0.137. The van der Waals surface area contributed by atoms with Gasteiger partial charge in [-0.3, -0.25) is 19.4 Å². The maximum atomic E-state index is 13.2. The third-order valence-corrected chi connectivity index (χ3v) is 9.59. The predicted octanol–water partition coefficient (Wildman–Crippen LogP) is 5.04. The van der Waals surface area contributed by atoms with E-state index < -0.39 is 33.8 Å². The molecular weight excluding hydrogens is 624 g/mol. The molecule has 0 saturated carbocycles. The standard InChI is InChI=1S/C31H31ClN4O6S2/c1-3-8-27-26(35-31(43-27)30(40)34-23(17-29(38)39)15-20-9-4-6-11-25(20)32)16-22-14-13-21(18-33-22)24-10-5-7-12-28(24)44(41,42)36-19(2)37/h4-7,9-14,18,23H,3,8,15-17H2,1-2H3,(H,34,40)(H,36,37)(H,38,39). The monoisotopic (exact) mass is 654 g/mol. The van der Waals surface area contributed by atoms with Crippen LogP contribution in [0.5, 0.6) is 0 Å². The van der Waals surface area contributed by atoms with Crippen LogP contribution < -0.4 is 10.0 Å². The van der Waals surface area contributed by atoms with Crippen molar-refractivity contribution in [3.05, 3.63) is 98.7 Å². The number of nitrogens with one attached hydrogen (secondary N) is 2. The van der Waals surface area contributed by atoms with Crippen LogP contribution in [0.25, 0.3) is 11.1 Å². The zero-order chi connectivity index (χ0) is 31.9. The number of aromatic nitrogens is 2. The van der Waals surface area contributed by atoms with E-state index in [9.17, 15) is 27.9 Å². The molecule has 44 heavy (non-hydrogen) atoms. The number of amides is 2. The van der Waals surface area contributed by atoms with Crippen molar-refractivity contribution in [2.75, 3.05) is 0 Å². The minimum Gasteiger partial charge on any atom is -0.481 e. The summed E-state index contributed by atoms with van der Waals surface area (Å²) < 4.78 is 27.4. The van der Waals surface area contributed by atoms with Crippen LogP contribution in [0.1, 0.15) is 58.3 Å². The number of pyridine rings is 1. The Hall–Kier alpha value is -4.13. The number of halogens is 1. The molecule has 0 bridgehead atoms. The van der Waals surface area contributed by atoms with Gasteiger partial charge in [0, 0.05) is 52.3 Å². The van der Waals surface area contributed by atoms with Gasteiger partial charge in [-0.15, -0.1) is 11.3 Å². The van der Waals surface area contributed by atoms with E-state index in [0.29, 0.717) is 40.4 Å². The first-order valence-corrected chi connectivity index (χ1v) is 16.5. The molecule has 1 unspecified atom stereocenters. The van der Waals surface area contributed by atoms with Crippen molar-refractivity contribution in [2.24, 2.45) is 0 Å². The topological polar surface area (TPSA) is 155 Å². The van der Waals surface area contributed by atoms with E-state index in [0.717, 1.165) is 23.8 Å². The second-order valence-corrected chi connectivity index (χ2v) is 13.2. The first-order chi connectivity index (χ1) is 21.0. The van der Waals surface area contributed by atoms with Gasteiger partial charge in [-0.2, -0.15) is 0 Å². The van der Waals surface area contributed by atoms with Crippen molar-refractivity contribution in [1.82, 2.24) is 20.0 Å². The van der Waals surface area contributed by atoms with Gasteiger partial charge in [-0.1, -0.05) is 67.4 Å². The van der Waals surface area contributed by atoms with E-state index in [1.807, 2.05) is 11.6 Å². The van der Waals surface area contributed by atoms with Gasteiger partial charge in [-0.05, 0) is 36.6 Å². The second kappa shape index (κ2) is 14.6. The summed E-state index contributed by atoms with van der Waals surface area (Å²) in [4.78, 5) is 46.2. The lowest BCUT2D eigenvalue weighted by Gasteiger charge is -2.17. The zero-order valence-corrected chi connectivity index (χ0v) is 26.4. The highest BCUT2D eigenvalue weighted by Gasteiger charge is 2.23. The highest BCUT2D eigenvalue weighted by molar-refractivity contribution is 7.90. The first kappa shape index (κ1) is 32.8. The molecule has 0 aliphatic carbocycles. The van der Waals surface area contributed by atoms with E-state index in [-0.39, 0.29) is 22.7 Å². The Kier molecular flexibility index (Phi) is 10.8. The van der Waals surface area contributed by atoms with Crippen LogP contribution in [0.4, 0.5) is 0 Å². The number of carbonyl (C=O) groups excluding carboxylic acids is 2. The molecule has 0 radical (unpaired) electrons. The number of sulfonamides is 1. The minimum atomic E-state index is -4.06. The summed E-state index contributed by atoms with van der Waals surface area (Å²) in [6, 6.07) is 16.2. The number of nitrogens with zero attached hydrogens (tertiary/aromatic N) is 2. The van der Waals surface area contributed by atoms with E-state index in [1.165, 1.54) is 17.4 Å². The molecule has 0 spiro atoms. The van der Waals surface area contributed by atoms with Crippen molar-refractivity contribution in [3.63, 3.8) is 0 Å². The lowest BCUT2D eigenvalue weighted by atomic mass is 10.0. The third-order valence-electron chi connectivity index (χ3n) is 6.57. The molecule has 1 atom stereocenters. The molecule has 0 aliphatic rings. The molecule has 2 aromatic heterocycles. The number of thiazole rings is 1. The smallest absolute Gasteiger partial charge is 0.305 e. The fourth-order valence-electron chi connectivity index (χ4n) is 4.65. The predicted molar refractivity (Wildman–Crippen MR) is 168 cm³/mol. The average molecular weight is 655 g/mol. The van der Waals surface area contributed by atoms with E-state index in [1.54, 1.807) is 60.8 Å². The van der Waals surface area contributed by atoms with Crippen molar-refractivity contribution in [3.8, 4) is 11.1 Å². The Morgan fingerprint density at radius 2 is 1.77 bits per heavy atom. The highest BCUT2D eigenvalue weighted by atomic mass is 35.5. The molecule has 0 aliphatic heterocycles. The molecule has 2 amide bonds. The number of rotatable bonds is 13. The normalized spacial score (nSPS) is 12.0. The highest BCUT2D eigenvalue weighted by Crippen LogP contribution is 2.28. The summed E-state index contributed by atoms with van der Waals surface area (Å²) in [5, 5.41) is 13.0. The molecule has 4 rings (SSSR count). The Labute approximate surface area is 264 Å². The molecule has 4 aromatic rings. The number of carboxylic acid groups (broad SMARTS) is 1. The van der Waals surface area contributed by atoms with Gasteiger partial charge in [0.2, 0.25) is 5.91 Å². The SMILES string of the molecule is CCCc1sc(C(=O)NC(CC(=O)O)Cc2ccccc2Cl)nc1Cc1ccc(-c2ccccc2S(=O)(=O)NC(C)=O)cn1. The second-order valence-electron chi connectivity index (χ2n) is 10.1. The molecule has 3 N–H and O–H groups in total. The Morgan fingerprint density at radius 3 is 2.43 bits per heavy atom. The third kappa shape index (κ3) is 8.49. The largest absolute Gasteiger partial charge is 0.481 e. The van der Waals surface area contributed by atoms with Crippen LogP contribution >= 0.6 is 22.9 Å². The van der Waals surface area contributed by atoms with Gasteiger partial charge in [0.05, 0.1) is 17.0 Å². The fourth-order valence-corrected chi connectivity index (χ4v) is 7.16. The van der Waals surface area contributed by atoms with Crippen molar-refractivity contribution < 1.29 is 27.9 Å². The van der Waals surface area contributed by atoms with Gasteiger partial charge < -0.3 is 10.4 Å². The first-order valence-electron chi connectivity index (χ1n) is 13.8. The summed E-state index contributed by atoms with van der Waals surface area (Å²) in [6.45, 7) is 3.15. The Morgan fingerprint density at radius 1 is 1.05 bits per heavy atom. The van der Waals surface area contributed by atoms with Gasteiger partial charge in [0.25, 0.3) is 15.9 Å². The number of hydrogen-bond donors (Lipinski definition) is 3. The van der Waals surface area contributed by atoms with Crippen molar-refractivity contribution >= 4 is 50.7 Å². The molecule has 230 valence electrons. The maximum absolute atomic E-state index is 13.2. The number of benzene rings is 2. The summed E-state index contributed by atoms with van der Waals surface area (Å²) in [5.41, 5.74) is 3.03. The summed E-state index contributed by atoms with van der Waals surface area (Å²) in [6.07, 6.45) is 3.40. The number of hydrogen-bond acceptors (Lipinski definition) is 8. The van der Waals surface area contributed by atoms with Gasteiger partial charge in [0.1, 0.15) is 0 Å². The van der Waals surface area contributed by atoms with E-state index in [4.69, 9.17) is 11.6 Å². The molecule has 2 aromatic carbocycles. The van der Waals surface area contributed by atoms with Crippen LogP contribution in [-0.4, -0.2) is 47.3 Å². The Balaban J connectivity index is 1.54. The summed E-state index contributed by atoms with van der Waals surface area (Å²) in [5.74, 6) is -2.19. The van der Waals surface area contributed by atoms with Crippen molar-refractivity contribution in [1.29, 1.82) is 0 Å². The number of aliphatic carboxylic acids is 1. The number of aryl methyl sites for hydroxylation is 1. The molecule has 10 nitrogen and oxygen atoms in total. The number of carboxylic acids is 1. The zero-order valence-electron chi connectivity index (χ0n) is 24.0. The summed E-state index contributed by atoms with van der Waals surface area (Å²) >= 11 is 7.53. The van der Waals surface area contributed by atoms with Crippen LogP contribution in [-0.2, 0) is 38.9 Å². The van der Waals surface area contributed by atoms with Crippen LogP contribution in [0.15, 0.2) is 71.8 Å². The fraction of sp³-hybridized carbons (Fsp3) is 0.258. The molecule has 0 fully saturated rings. The molecule has 2 heterocycles. The molecular formula is C31H31ClN4O6S2. The van der Waals surface area contributed by atoms with E-state index in [2.05, 4.69) is 15.3 Å². The van der Waals surface area contributed by atoms with Gasteiger partial charge in [-0.25, -0.2) is 18.1 Å². The number of carbonyl (C=O) groups is 3. The van der Waals surface area contributed by atoms with Gasteiger partial charge in [0.15, 0.2) is 5.01 Å². The average Bonchev–Trinajstić information content (AvgIpc) is 3.36. The molecule has 0 saturated heterocycles. The van der Waals surface area contributed by atoms with Crippen LogP contribution in [0.2, 0.25) is 5.02 Å². The Bertz CT molecular complexity index is 1770. The maximum Gasteiger partial charge on any atom is 0.305 e. The van der Waals surface area contributed by atoms with Gasteiger partial charge >= 0.3 is 5.97 Å². The molecule has 13 heteroatoms.